The lowest BCUT2D eigenvalue weighted by Gasteiger charge is -2.22. The lowest BCUT2D eigenvalue weighted by Crippen LogP contribution is -2.36. The van der Waals surface area contributed by atoms with Gasteiger partial charge in [-0.1, -0.05) is 35.3 Å². The van der Waals surface area contributed by atoms with Crippen LogP contribution in [0.5, 0.6) is 5.75 Å². The predicted octanol–water partition coefficient (Wildman–Crippen LogP) is 5.12. The first-order chi connectivity index (χ1) is 17.3. The van der Waals surface area contributed by atoms with E-state index in [2.05, 4.69) is 0 Å². The molecule has 1 unspecified atom stereocenters. The van der Waals surface area contributed by atoms with Gasteiger partial charge in [0.25, 0.3) is 0 Å². The zero-order valence-electron chi connectivity index (χ0n) is 20.6. The van der Waals surface area contributed by atoms with Gasteiger partial charge >= 0.3 is 12.1 Å². The molecule has 36 heavy (non-hydrogen) atoms. The number of carboxylic acid groups (broad SMARTS) is 1. The summed E-state index contributed by atoms with van der Waals surface area (Å²) in [7, 11) is 1.54. The van der Waals surface area contributed by atoms with Crippen molar-refractivity contribution in [3.05, 3.63) is 63.6 Å². The van der Waals surface area contributed by atoms with E-state index in [1.807, 2.05) is 12.1 Å². The maximum Gasteiger partial charge on any atom is 0.409 e. The summed E-state index contributed by atoms with van der Waals surface area (Å²) in [6.07, 6.45) is 0.328. The van der Waals surface area contributed by atoms with Gasteiger partial charge in [0.2, 0.25) is 0 Å². The average molecular weight is 542 g/mol. The minimum absolute atomic E-state index is 0.164. The minimum Gasteiger partial charge on any atom is -0.492 e. The molecule has 10 heteroatoms. The quantitative estimate of drug-likeness (QED) is 0.294. The Morgan fingerprint density at radius 1 is 0.972 bits per heavy atom. The second-order valence-corrected chi connectivity index (χ2v) is 8.83. The second kappa shape index (κ2) is 16.3. The number of aliphatic carboxylic acids is 1. The number of methoxy groups -OCH3 is 1. The number of nitrogens with zero attached hydrogens (tertiary/aromatic N) is 1. The molecule has 0 aromatic heterocycles. The molecule has 1 atom stereocenters. The van der Waals surface area contributed by atoms with E-state index < -0.39 is 18.2 Å². The Morgan fingerprint density at radius 3 is 2.28 bits per heavy atom. The van der Waals surface area contributed by atoms with Crippen molar-refractivity contribution in [2.24, 2.45) is 0 Å². The number of hydrogen-bond acceptors (Lipinski definition) is 6. The Morgan fingerprint density at radius 2 is 1.67 bits per heavy atom. The summed E-state index contributed by atoms with van der Waals surface area (Å²) in [5, 5.41) is 10.4. The number of hydrogen-bond donors (Lipinski definition) is 1. The van der Waals surface area contributed by atoms with Gasteiger partial charge in [-0.05, 0) is 61.2 Å². The van der Waals surface area contributed by atoms with E-state index in [0.29, 0.717) is 54.9 Å². The Kier molecular flexibility index (Phi) is 13.4. The van der Waals surface area contributed by atoms with Crippen LogP contribution in [0.25, 0.3) is 0 Å². The fraction of sp³-hybridized carbons (Fsp3) is 0.462. The van der Waals surface area contributed by atoms with Crippen LogP contribution in [0.2, 0.25) is 10.0 Å². The fourth-order valence-electron chi connectivity index (χ4n) is 3.46. The number of carbonyl (C=O) groups excluding carboxylic acids is 1. The number of aryl methyl sites for hydroxylation is 1. The van der Waals surface area contributed by atoms with Crippen molar-refractivity contribution >= 4 is 35.3 Å². The minimum atomic E-state index is -0.992. The maximum atomic E-state index is 12.6. The molecule has 0 fully saturated rings. The lowest BCUT2D eigenvalue weighted by molar-refractivity contribution is -0.149. The van der Waals surface area contributed by atoms with Crippen LogP contribution < -0.4 is 4.74 Å². The molecule has 0 saturated carbocycles. The number of ether oxygens (including phenoxy) is 4. The van der Waals surface area contributed by atoms with E-state index in [4.69, 9.17) is 42.1 Å². The Labute approximate surface area is 222 Å². The van der Waals surface area contributed by atoms with Crippen LogP contribution in [0.15, 0.2) is 42.5 Å². The number of carbonyl (C=O) groups is 2. The fourth-order valence-corrected chi connectivity index (χ4v) is 4.03. The molecular formula is C26H33Cl2NO7. The van der Waals surface area contributed by atoms with E-state index in [1.54, 1.807) is 49.3 Å². The third kappa shape index (κ3) is 11.0. The molecule has 0 aliphatic carbocycles. The molecule has 198 valence electrons. The summed E-state index contributed by atoms with van der Waals surface area (Å²) in [5.74, 6) is -0.378. The van der Waals surface area contributed by atoms with E-state index >= 15 is 0 Å². The normalized spacial score (nSPS) is 11.7. The van der Waals surface area contributed by atoms with Gasteiger partial charge in [0.1, 0.15) is 19.0 Å². The third-order valence-electron chi connectivity index (χ3n) is 5.20. The summed E-state index contributed by atoms with van der Waals surface area (Å²) >= 11 is 12.1. The van der Waals surface area contributed by atoms with Crippen LogP contribution in [-0.4, -0.2) is 74.8 Å². The number of rotatable bonds is 16. The van der Waals surface area contributed by atoms with E-state index in [1.165, 1.54) is 0 Å². The molecule has 1 N–H and O–H groups in total. The molecule has 0 aliphatic rings. The van der Waals surface area contributed by atoms with Crippen LogP contribution >= 0.6 is 23.2 Å². The SMILES string of the molecule is CCOC(Cc1ccc(OCCN(CCCc2cc(Cl)cc(Cl)c2)C(=O)OCCOC)cc1)C(=O)O. The Hall–Kier alpha value is -2.52. The summed E-state index contributed by atoms with van der Waals surface area (Å²) in [6, 6.07) is 12.5. The van der Waals surface area contributed by atoms with Gasteiger partial charge in [0, 0.05) is 36.7 Å². The predicted molar refractivity (Wildman–Crippen MR) is 138 cm³/mol. The van der Waals surface area contributed by atoms with Crippen LogP contribution in [0.4, 0.5) is 4.79 Å². The van der Waals surface area contributed by atoms with E-state index in [9.17, 15) is 14.7 Å². The topological polar surface area (TPSA) is 94.5 Å². The van der Waals surface area contributed by atoms with Crippen LogP contribution in [0.3, 0.4) is 0 Å². The highest BCUT2D eigenvalue weighted by Crippen LogP contribution is 2.20. The number of benzene rings is 2. The summed E-state index contributed by atoms with van der Waals surface area (Å²) < 4.78 is 21.3. The number of amides is 1. The smallest absolute Gasteiger partial charge is 0.409 e. The van der Waals surface area contributed by atoms with Gasteiger partial charge in [0.15, 0.2) is 6.10 Å². The lowest BCUT2D eigenvalue weighted by atomic mass is 10.1. The summed E-state index contributed by atoms with van der Waals surface area (Å²) in [5.41, 5.74) is 1.82. The van der Waals surface area contributed by atoms with Gasteiger partial charge < -0.3 is 29.0 Å². The molecule has 1 amide bonds. The summed E-state index contributed by atoms with van der Waals surface area (Å²) in [6.45, 7) is 3.62. The monoisotopic (exact) mass is 541 g/mol. The summed E-state index contributed by atoms with van der Waals surface area (Å²) in [4.78, 5) is 25.4. The molecule has 2 rings (SSSR count). The third-order valence-corrected chi connectivity index (χ3v) is 5.64. The van der Waals surface area contributed by atoms with E-state index in [0.717, 1.165) is 11.1 Å². The average Bonchev–Trinajstić information content (AvgIpc) is 2.83. The van der Waals surface area contributed by atoms with Crippen LogP contribution in [0.1, 0.15) is 24.5 Å². The van der Waals surface area contributed by atoms with Gasteiger partial charge in [-0.3, -0.25) is 0 Å². The zero-order valence-corrected chi connectivity index (χ0v) is 22.1. The van der Waals surface area contributed by atoms with Gasteiger partial charge in [-0.2, -0.15) is 0 Å². The molecular weight excluding hydrogens is 509 g/mol. The van der Waals surface area contributed by atoms with Crippen molar-refractivity contribution in [3.63, 3.8) is 0 Å². The van der Waals surface area contributed by atoms with Crippen LogP contribution in [0, 0.1) is 0 Å². The molecule has 0 bridgehead atoms. The molecule has 0 spiro atoms. The molecule has 2 aromatic rings. The van der Waals surface area contributed by atoms with Gasteiger partial charge in [-0.15, -0.1) is 0 Å². The van der Waals surface area contributed by atoms with Crippen molar-refractivity contribution in [1.82, 2.24) is 4.90 Å². The van der Waals surface area contributed by atoms with E-state index in [-0.39, 0.29) is 19.6 Å². The highest BCUT2D eigenvalue weighted by Gasteiger charge is 2.18. The standard InChI is InChI=1S/C26H33Cl2NO7/c1-3-34-24(25(30)31)17-19-6-8-23(9-7-19)35-12-11-29(26(32)36-14-13-33-2)10-4-5-20-15-21(27)18-22(28)16-20/h6-9,15-16,18,24H,3-5,10-14,17H2,1-2H3,(H,30,31). The largest absolute Gasteiger partial charge is 0.492 e. The zero-order chi connectivity index (χ0) is 26.3. The maximum absolute atomic E-state index is 12.6. The first kappa shape index (κ1) is 29.7. The van der Waals surface area contributed by atoms with Crippen molar-refractivity contribution in [3.8, 4) is 5.75 Å². The molecule has 2 aromatic carbocycles. The molecule has 8 nitrogen and oxygen atoms in total. The van der Waals surface area contributed by atoms with Gasteiger partial charge in [-0.25, -0.2) is 9.59 Å². The second-order valence-electron chi connectivity index (χ2n) is 7.95. The molecule has 0 radical (unpaired) electrons. The first-order valence-electron chi connectivity index (χ1n) is 11.7. The van der Waals surface area contributed by atoms with Gasteiger partial charge in [0.05, 0.1) is 13.2 Å². The highest BCUT2D eigenvalue weighted by atomic mass is 35.5. The first-order valence-corrected chi connectivity index (χ1v) is 12.5. The number of carboxylic acids is 1. The molecule has 0 heterocycles. The molecule has 0 saturated heterocycles. The van der Waals surface area contributed by atoms with Crippen molar-refractivity contribution in [1.29, 1.82) is 0 Å². The number of halogens is 2. The Bertz CT molecular complexity index is 936. The Balaban J connectivity index is 1.89. The highest BCUT2D eigenvalue weighted by molar-refractivity contribution is 6.34. The van der Waals surface area contributed by atoms with Crippen LogP contribution in [-0.2, 0) is 31.8 Å². The van der Waals surface area contributed by atoms with Crippen molar-refractivity contribution in [2.75, 3.05) is 46.6 Å². The van der Waals surface area contributed by atoms with Crippen molar-refractivity contribution in [2.45, 2.75) is 32.3 Å². The molecule has 0 aliphatic heterocycles. The van der Waals surface area contributed by atoms with Crippen molar-refractivity contribution < 1.29 is 33.6 Å².